The Bertz CT molecular complexity index is 478. The second-order valence-corrected chi connectivity index (χ2v) is 5.79. The Morgan fingerprint density at radius 3 is 2.88 bits per heavy atom. The van der Waals surface area contributed by atoms with Crippen LogP contribution in [0.4, 0.5) is 10.1 Å². The predicted molar refractivity (Wildman–Crippen MR) is 75.6 cm³/mol. The minimum atomic E-state index is -0.342. The zero-order valence-corrected chi connectivity index (χ0v) is 12.0. The first-order chi connectivity index (χ1) is 8.16. The fraction of sp³-hybridized carbons (Fsp3) is 0.167. The molecule has 2 aromatic rings. The topological polar surface area (TPSA) is 12.0 Å². The van der Waals surface area contributed by atoms with Crippen LogP contribution in [0.25, 0.3) is 0 Å². The molecule has 1 nitrogen and oxygen atoms in total. The molecule has 2 rings (SSSR count). The number of hydrogen-bond donors (Lipinski definition) is 1. The highest BCUT2D eigenvalue weighted by molar-refractivity contribution is 9.10. The number of nitrogens with one attached hydrogen (secondary N) is 1. The maximum Gasteiger partial charge on any atom is 0.125 e. The van der Waals surface area contributed by atoms with E-state index in [-0.39, 0.29) is 5.82 Å². The molecule has 0 aliphatic carbocycles. The predicted octanol–water partition coefficient (Wildman–Crippen LogP) is 4.96. The average Bonchev–Trinajstić information content (AvgIpc) is 2.74. The number of thiophene rings is 1. The summed E-state index contributed by atoms with van der Waals surface area (Å²) in [6, 6.07) is 6.83. The maximum absolute atomic E-state index is 13.0. The lowest BCUT2D eigenvalue weighted by Crippen LogP contribution is -2.05. The molecule has 0 bridgehead atoms. The first kappa shape index (κ1) is 12.9. The highest BCUT2D eigenvalue weighted by Gasteiger charge is 2.07. The number of halogens is 3. The Hall–Kier alpha value is -0.580. The van der Waals surface area contributed by atoms with Crippen LogP contribution in [-0.4, -0.2) is 6.54 Å². The SMILES string of the molecule is Fc1cc(Cl)c(NCCc2cccs2)c(Br)c1. The third-order valence-corrected chi connectivity index (χ3v) is 4.12. The molecule has 0 amide bonds. The molecule has 0 aliphatic heterocycles. The number of hydrogen-bond acceptors (Lipinski definition) is 2. The highest BCUT2D eigenvalue weighted by Crippen LogP contribution is 2.31. The van der Waals surface area contributed by atoms with Gasteiger partial charge in [-0.3, -0.25) is 0 Å². The third kappa shape index (κ3) is 3.44. The van der Waals surface area contributed by atoms with Crippen molar-refractivity contribution < 1.29 is 4.39 Å². The maximum atomic E-state index is 13.0. The Kier molecular flexibility index (Phi) is 4.42. The van der Waals surface area contributed by atoms with Crippen LogP contribution in [0.5, 0.6) is 0 Å². The van der Waals surface area contributed by atoms with E-state index in [0.717, 1.165) is 18.7 Å². The fourth-order valence-electron chi connectivity index (χ4n) is 1.48. The van der Waals surface area contributed by atoms with Gasteiger partial charge in [-0.05, 0) is 45.9 Å². The van der Waals surface area contributed by atoms with Crippen molar-refractivity contribution in [2.75, 3.05) is 11.9 Å². The molecule has 0 saturated heterocycles. The van der Waals surface area contributed by atoms with Gasteiger partial charge in [-0.1, -0.05) is 17.7 Å². The van der Waals surface area contributed by atoms with Crippen molar-refractivity contribution >= 4 is 44.6 Å². The van der Waals surface area contributed by atoms with Crippen LogP contribution in [-0.2, 0) is 6.42 Å². The number of benzene rings is 1. The highest BCUT2D eigenvalue weighted by atomic mass is 79.9. The molecular weight excluding hydrogens is 325 g/mol. The molecule has 0 fully saturated rings. The molecule has 0 radical (unpaired) electrons. The van der Waals surface area contributed by atoms with Gasteiger partial charge >= 0.3 is 0 Å². The Morgan fingerprint density at radius 2 is 2.24 bits per heavy atom. The van der Waals surface area contributed by atoms with Crippen LogP contribution < -0.4 is 5.32 Å². The third-order valence-electron chi connectivity index (χ3n) is 2.26. The quantitative estimate of drug-likeness (QED) is 0.833. The summed E-state index contributed by atoms with van der Waals surface area (Å²) in [5.41, 5.74) is 0.740. The van der Waals surface area contributed by atoms with Crippen LogP contribution in [0.1, 0.15) is 4.88 Å². The van der Waals surface area contributed by atoms with Crippen molar-refractivity contribution in [2.24, 2.45) is 0 Å². The molecular formula is C12H10BrClFNS. The molecule has 0 unspecified atom stereocenters. The molecule has 17 heavy (non-hydrogen) atoms. The van der Waals surface area contributed by atoms with Gasteiger partial charge < -0.3 is 5.32 Å². The monoisotopic (exact) mass is 333 g/mol. The summed E-state index contributed by atoms with van der Waals surface area (Å²) in [6.45, 7) is 0.768. The van der Waals surface area contributed by atoms with E-state index in [4.69, 9.17) is 11.6 Å². The first-order valence-electron chi connectivity index (χ1n) is 5.07. The summed E-state index contributed by atoms with van der Waals surface area (Å²) in [5, 5.41) is 5.65. The minimum absolute atomic E-state index is 0.342. The lowest BCUT2D eigenvalue weighted by atomic mass is 10.3. The van der Waals surface area contributed by atoms with Gasteiger partial charge in [0.15, 0.2) is 0 Å². The summed E-state index contributed by atoms with van der Waals surface area (Å²) in [4.78, 5) is 1.31. The van der Waals surface area contributed by atoms with Gasteiger partial charge in [0.1, 0.15) is 5.82 Å². The smallest absolute Gasteiger partial charge is 0.125 e. The summed E-state index contributed by atoms with van der Waals surface area (Å²) in [6.07, 6.45) is 0.928. The van der Waals surface area contributed by atoms with Gasteiger partial charge in [0.2, 0.25) is 0 Å². The van der Waals surface area contributed by atoms with Crippen LogP contribution in [0.3, 0.4) is 0 Å². The van der Waals surface area contributed by atoms with Gasteiger partial charge in [0.25, 0.3) is 0 Å². The van der Waals surface area contributed by atoms with Gasteiger partial charge in [0, 0.05) is 15.9 Å². The van der Waals surface area contributed by atoms with Gasteiger partial charge in [-0.2, -0.15) is 0 Å². The van der Waals surface area contributed by atoms with Crippen molar-refractivity contribution in [1.82, 2.24) is 0 Å². The average molecular weight is 335 g/mol. The molecule has 90 valence electrons. The van der Waals surface area contributed by atoms with Crippen molar-refractivity contribution in [3.8, 4) is 0 Å². The molecule has 0 spiro atoms. The summed E-state index contributed by atoms with van der Waals surface area (Å²) >= 11 is 11.0. The molecule has 1 heterocycles. The van der Waals surface area contributed by atoms with Crippen LogP contribution >= 0.6 is 38.9 Å². The number of rotatable bonds is 4. The second-order valence-electron chi connectivity index (χ2n) is 3.50. The minimum Gasteiger partial charge on any atom is -0.383 e. The van der Waals surface area contributed by atoms with Crippen LogP contribution in [0.15, 0.2) is 34.1 Å². The molecule has 0 atom stereocenters. The Balaban J connectivity index is 1.99. The summed E-state index contributed by atoms with van der Waals surface area (Å²) in [7, 11) is 0. The molecule has 0 saturated carbocycles. The van der Waals surface area contributed by atoms with E-state index in [1.165, 1.54) is 17.0 Å². The van der Waals surface area contributed by atoms with E-state index in [9.17, 15) is 4.39 Å². The fourth-order valence-corrected chi connectivity index (χ4v) is 3.15. The van der Waals surface area contributed by atoms with Gasteiger partial charge in [-0.25, -0.2) is 4.39 Å². The lowest BCUT2D eigenvalue weighted by molar-refractivity contribution is 0.627. The van der Waals surface area contributed by atoms with Gasteiger partial charge in [-0.15, -0.1) is 11.3 Å². The molecule has 0 aliphatic rings. The molecule has 1 N–H and O–H groups in total. The van der Waals surface area contributed by atoms with Crippen LogP contribution in [0.2, 0.25) is 5.02 Å². The van der Waals surface area contributed by atoms with E-state index < -0.39 is 0 Å². The Morgan fingerprint density at radius 1 is 1.41 bits per heavy atom. The Labute approximate surface area is 117 Å². The summed E-state index contributed by atoms with van der Waals surface area (Å²) in [5.74, 6) is -0.342. The first-order valence-corrected chi connectivity index (χ1v) is 7.12. The second kappa shape index (κ2) is 5.85. The zero-order chi connectivity index (χ0) is 12.3. The van der Waals surface area contributed by atoms with E-state index in [2.05, 4.69) is 32.7 Å². The van der Waals surface area contributed by atoms with Gasteiger partial charge in [0.05, 0.1) is 10.7 Å². The largest absolute Gasteiger partial charge is 0.383 e. The van der Waals surface area contributed by atoms with E-state index in [1.807, 2.05) is 6.07 Å². The molecule has 1 aromatic heterocycles. The van der Waals surface area contributed by atoms with E-state index in [0.29, 0.717) is 9.50 Å². The summed E-state index contributed by atoms with van der Waals surface area (Å²) < 4.78 is 13.7. The zero-order valence-electron chi connectivity index (χ0n) is 8.84. The van der Waals surface area contributed by atoms with Crippen LogP contribution in [0, 0.1) is 5.82 Å². The normalized spacial score (nSPS) is 10.5. The number of anilines is 1. The van der Waals surface area contributed by atoms with Crippen molar-refractivity contribution in [2.45, 2.75) is 6.42 Å². The van der Waals surface area contributed by atoms with E-state index >= 15 is 0 Å². The lowest BCUT2D eigenvalue weighted by Gasteiger charge is -2.10. The molecule has 1 aromatic carbocycles. The molecule has 5 heteroatoms. The van der Waals surface area contributed by atoms with E-state index in [1.54, 1.807) is 11.3 Å². The van der Waals surface area contributed by atoms with Crippen molar-refractivity contribution in [3.05, 3.63) is 49.8 Å². The standard InChI is InChI=1S/C12H10BrClFNS/c13-10-6-8(15)7-11(14)12(10)16-4-3-9-2-1-5-17-9/h1-2,5-7,16H,3-4H2. The van der Waals surface area contributed by atoms with Crippen molar-refractivity contribution in [1.29, 1.82) is 0 Å². The van der Waals surface area contributed by atoms with Crippen molar-refractivity contribution in [3.63, 3.8) is 0 Å².